The van der Waals surface area contributed by atoms with E-state index >= 15 is 0 Å². The van der Waals surface area contributed by atoms with E-state index in [1.54, 1.807) is 0 Å². The Labute approximate surface area is 98.7 Å². The summed E-state index contributed by atoms with van der Waals surface area (Å²) in [5, 5.41) is 3.70. The predicted octanol–water partition coefficient (Wildman–Crippen LogP) is 2.35. The molecule has 1 saturated heterocycles. The van der Waals surface area contributed by atoms with E-state index in [2.05, 4.69) is 55.4 Å². The predicted molar refractivity (Wildman–Crippen MR) is 68.6 cm³/mol. The van der Waals surface area contributed by atoms with Crippen molar-refractivity contribution in [3.05, 3.63) is 35.4 Å². The molecule has 0 bridgehead atoms. The molecule has 1 unspecified atom stereocenters. The maximum atomic E-state index is 3.70. The second-order valence-electron chi connectivity index (χ2n) is 5.05. The molecule has 88 valence electrons. The first-order chi connectivity index (χ1) is 7.65. The molecular formula is C14H22N2. The van der Waals surface area contributed by atoms with Crippen LogP contribution in [-0.4, -0.2) is 31.1 Å². The van der Waals surface area contributed by atoms with E-state index in [0.29, 0.717) is 12.1 Å². The van der Waals surface area contributed by atoms with Crippen molar-refractivity contribution < 1.29 is 0 Å². The van der Waals surface area contributed by atoms with Gasteiger partial charge in [-0.2, -0.15) is 0 Å². The minimum Gasteiger partial charge on any atom is -0.306 e. The number of benzene rings is 1. The van der Waals surface area contributed by atoms with Crippen molar-refractivity contribution in [2.45, 2.75) is 32.4 Å². The van der Waals surface area contributed by atoms with Gasteiger partial charge in [0, 0.05) is 18.6 Å². The summed E-state index contributed by atoms with van der Waals surface area (Å²) in [5.41, 5.74) is 2.72. The van der Waals surface area contributed by atoms with Crippen LogP contribution in [0.1, 0.15) is 30.5 Å². The highest BCUT2D eigenvalue weighted by Crippen LogP contribution is 2.16. The molecule has 2 rings (SSSR count). The van der Waals surface area contributed by atoms with Gasteiger partial charge < -0.3 is 10.2 Å². The zero-order chi connectivity index (χ0) is 11.5. The fourth-order valence-corrected chi connectivity index (χ4v) is 2.38. The lowest BCUT2D eigenvalue weighted by molar-refractivity contribution is 0.387. The molecule has 0 aromatic heterocycles. The highest BCUT2D eigenvalue weighted by Gasteiger charge is 2.20. The summed E-state index contributed by atoms with van der Waals surface area (Å²) in [6.07, 6.45) is 1.27. The molecule has 1 aliphatic heterocycles. The molecule has 0 spiro atoms. The summed E-state index contributed by atoms with van der Waals surface area (Å²) in [7, 11) is 2.19. The molecule has 2 heteroatoms. The molecule has 0 saturated carbocycles. The molecule has 2 nitrogen and oxygen atoms in total. The van der Waals surface area contributed by atoms with E-state index in [1.165, 1.54) is 30.6 Å². The lowest BCUT2D eigenvalue weighted by Crippen LogP contribution is -2.33. The molecule has 0 radical (unpaired) electrons. The van der Waals surface area contributed by atoms with Crippen LogP contribution >= 0.6 is 0 Å². The Balaban J connectivity index is 1.92. The molecule has 1 heterocycles. The molecule has 1 aromatic carbocycles. The van der Waals surface area contributed by atoms with Gasteiger partial charge in [0.2, 0.25) is 0 Å². The van der Waals surface area contributed by atoms with Gasteiger partial charge in [-0.15, -0.1) is 0 Å². The topological polar surface area (TPSA) is 15.3 Å². The van der Waals surface area contributed by atoms with Crippen molar-refractivity contribution in [2.75, 3.05) is 20.1 Å². The lowest BCUT2D eigenvalue weighted by atomic mass is 10.1. The minimum atomic E-state index is 0.456. The summed E-state index contributed by atoms with van der Waals surface area (Å²) in [6, 6.07) is 9.94. The van der Waals surface area contributed by atoms with Gasteiger partial charge in [-0.25, -0.2) is 0 Å². The number of nitrogens with one attached hydrogen (secondary N) is 1. The van der Waals surface area contributed by atoms with Crippen LogP contribution in [0.15, 0.2) is 24.3 Å². The van der Waals surface area contributed by atoms with E-state index < -0.39 is 0 Å². The van der Waals surface area contributed by atoms with Gasteiger partial charge in [-0.05, 0) is 39.4 Å². The summed E-state index contributed by atoms with van der Waals surface area (Å²) >= 11 is 0. The van der Waals surface area contributed by atoms with Crippen molar-refractivity contribution in [1.29, 1.82) is 0 Å². The number of likely N-dealkylation sites (tertiary alicyclic amines) is 1. The van der Waals surface area contributed by atoms with Gasteiger partial charge in [-0.3, -0.25) is 0 Å². The van der Waals surface area contributed by atoms with Crippen molar-refractivity contribution in [2.24, 2.45) is 0 Å². The quantitative estimate of drug-likeness (QED) is 0.838. The third-order valence-corrected chi connectivity index (χ3v) is 3.45. The molecule has 1 N–H and O–H groups in total. The second-order valence-corrected chi connectivity index (χ2v) is 5.05. The Hall–Kier alpha value is -0.860. The summed E-state index contributed by atoms with van der Waals surface area (Å²) in [4.78, 5) is 2.39. The second kappa shape index (κ2) is 4.98. The maximum Gasteiger partial charge on any atom is 0.0294 e. The Bertz CT molecular complexity index is 331. The Morgan fingerprint density at radius 1 is 1.31 bits per heavy atom. The Kier molecular flexibility index (Phi) is 3.62. The fraction of sp³-hybridized carbons (Fsp3) is 0.571. The summed E-state index contributed by atoms with van der Waals surface area (Å²) < 4.78 is 0. The smallest absolute Gasteiger partial charge is 0.0294 e. The van der Waals surface area contributed by atoms with Gasteiger partial charge in [0.15, 0.2) is 0 Å². The fourth-order valence-electron chi connectivity index (χ4n) is 2.38. The van der Waals surface area contributed by atoms with Gasteiger partial charge in [0.1, 0.15) is 0 Å². The normalized spacial score (nSPS) is 23.6. The van der Waals surface area contributed by atoms with Gasteiger partial charge in [0.25, 0.3) is 0 Å². The number of likely N-dealkylation sites (N-methyl/N-ethyl adjacent to an activating group) is 1. The van der Waals surface area contributed by atoms with E-state index in [-0.39, 0.29) is 0 Å². The molecule has 2 atom stereocenters. The molecule has 16 heavy (non-hydrogen) atoms. The molecule has 0 amide bonds. The van der Waals surface area contributed by atoms with Crippen LogP contribution in [0.25, 0.3) is 0 Å². The van der Waals surface area contributed by atoms with Crippen LogP contribution in [0.5, 0.6) is 0 Å². The van der Waals surface area contributed by atoms with E-state index in [4.69, 9.17) is 0 Å². The Morgan fingerprint density at radius 3 is 2.56 bits per heavy atom. The van der Waals surface area contributed by atoms with Gasteiger partial charge >= 0.3 is 0 Å². The largest absolute Gasteiger partial charge is 0.306 e. The highest BCUT2D eigenvalue weighted by molar-refractivity contribution is 5.23. The third kappa shape index (κ3) is 2.83. The molecule has 1 aliphatic rings. The van der Waals surface area contributed by atoms with Crippen LogP contribution in [0.4, 0.5) is 0 Å². The van der Waals surface area contributed by atoms with Crippen molar-refractivity contribution in [3.8, 4) is 0 Å². The van der Waals surface area contributed by atoms with Crippen molar-refractivity contribution in [1.82, 2.24) is 10.2 Å². The number of nitrogens with zero attached hydrogens (tertiary/aromatic N) is 1. The zero-order valence-corrected chi connectivity index (χ0v) is 10.5. The molecule has 1 aromatic rings. The average molecular weight is 218 g/mol. The Morgan fingerprint density at radius 2 is 2.00 bits per heavy atom. The molecule has 1 fully saturated rings. The van der Waals surface area contributed by atoms with Crippen molar-refractivity contribution >= 4 is 0 Å². The number of hydrogen-bond donors (Lipinski definition) is 1. The van der Waals surface area contributed by atoms with E-state index in [9.17, 15) is 0 Å². The van der Waals surface area contributed by atoms with Crippen LogP contribution in [-0.2, 0) is 0 Å². The zero-order valence-electron chi connectivity index (χ0n) is 10.5. The van der Waals surface area contributed by atoms with Gasteiger partial charge in [0.05, 0.1) is 0 Å². The number of aryl methyl sites for hydroxylation is 1. The number of rotatable bonds is 3. The van der Waals surface area contributed by atoms with Crippen LogP contribution in [0.3, 0.4) is 0 Å². The molecule has 0 aliphatic carbocycles. The standard InChI is InChI=1S/C14H22N2/c1-11-4-6-13(7-5-11)12(2)15-14-8-9-16(3)10-14/h4-7,12,14-15H,8-10H2,1-3H3/t12-,14?/m0/s1. The lowest BCUT2D eigenvalue weighted by Gasteiger charge is -2.20. The van der Waals surface area contributed by atoms with Gasteiger partial charge in [-0.1, -0.05) is 29.8 Å². The third-order valence-electron chi connectivity index (χ3n) is 3.45. The first-order valence-electron chi connectivity index (χ1n) is 6.16. The summed E-state index contributed by atoms with van der Waals surface area (Å²) in [5.74, 6) is 0. The monoisotopic (exact) mass is 218 g/mol. The number of hydrogen-bond acceptors (Lipinski definition) is 2. The maximum absolute atomic E-state index is 3.70. The van der Waals surface area contributed by atoms with Crippen LogP contribution < -0.4 is 5.32 Å². The molecular weight excluding hydrogens is 196 g/mol. The highest BCUT2D eigenvalue weighted by atomic mass is 15.2. The first-order valence-corrected chi connectivity index (χ1v) is 6.16. The minimum absolute atomic E-state index is 0.456. The van der Waals surface area contributed by atoms with Crippen LogP contribution in [0.2, 0.25) is 0 Å². The van der Waals surface area contributed by atoms with E-state index in [0.717, 1.165) is 0 Å². The van der Waals surface area contributed by atoms with Crippen LogP contribution in [0, 0.1) is 6.92 Å². The SMILES string of the molecule is Cc1ccc([C@H](C)NC2CCN(C)C2)cc1. The van der Waals surface area contributed by atoms with Crippen molar-refractivity contribution in [3.63, 3.8) is 0 Å². The average Bonchev–Trinajstić information content (AvgIpc) is 2.65. The first kappa shape index (κ1) is 11.6. The summed E-state index contributed by atoms with van der Waals surface area (Å²) in [6.45, 7) is 6.78. The van der Waals surface area contributed by atoms with E-state index in [1.807, 2.05) is 0 Å².